The molecule has 0 spiro atoms. The van der Waals surface area contributed by atoms with Crippen molar-refractivity contribution in [2.75, 3.05) is 0 Å². The van der Waals surface area contributed by atoms with E-state index in [2.05, 4.69) is 69.2 Å². The normalized spacial score (nSPS) is 15.9. The second kappa shape index (κ2) is 6.84. The fraction of sp³-hybridized carbons (Fsp3) is 0.320. The van der Waals surface area contributed by atoms with E-state index >= 15 is 0 Å². The number of rotatable bonds is 5. The minimum absolute atomic E-state index is 0.881. The lowest BCUT2D eigenvalue weighted by molar-refractivity contribution is 0.505. The van der Waals surface area contributed by atoms with Crippen LogP contribution in [0.2, 0.25) is 0 Å². The monoisotopic (exact) mass is 356 g/mol. The summed E-state index contributed by atoms with van der Waals surface area (Å²) in [6, 6.07) is 8.51. The summed E-state index contributed by atoms with van der Waals surface area (Å²) >= 11 is 0. The van der Waals surface area contributed by atoms with Gasteiger partial charge >= 0.3 is 0 Å². The Bertz CT molecular complexity index is 1020. The van der Waals surface area contributed by atoms with Crippen molar-refractivity contribution < 1.29 is 0 Å². The molecule has 2 aromatic rings. The first-order valence-corrected chi connectivity index (χ1v) is 10.0. The van der Waals surface area contributed by atoms with Crippen LogP contribution in [0.5, 0.6) is 0 Å². The predicted octanol–water partition coefficient (Wildman–Crippen LogP) is 6.54. The van der Waals surface area contributed by atoms with E-state index in [9.17, 15) is 0 Å². The molecule has 2 aliphatic heterocycles. The van der Waals surface area contributed by atoms with Gasteiger partial charge in [0.1, 0.15) is 0 Å². The van der Waals surface area contributed by atoms with Crippen LogP contribution in [-0.4, -0.2) is 9.88 Å². The number of nitrogens with zero attached hydrogens (tertiary/aromatic N) is 2. The Morgan fingerprint density at radius 1 is 1.22 bits per heavy atom. The van der Waals surface area contributed by atoms with Crippen LogP contribution in [0.4, 0.5) is 0 Å². The van der Waals surface area contributed by atoms with Crippen LogP contribution in [0, 0.1) is 0 Å². The van der Waals surface area contributed by atoms with Crippen molar-refractivity contribution in [3.63, 3.8) is 0 Å². The summed E-state index contributed by atoms with van der Waals surface area (Å²) in [6.45, 7) is 16.2. The second-order valence-electron chi connectivity index (χ2n) is 7.62. The summed E-state index contributed by atoms with van der Waals surface area (Å²) in [5, 5.41) is 1.29. The number of fused-ring (bicyclic) bond motifs is 4. The Balaban J connectivity index is 1.80. The zero-order valence-electron chi connectivity index (χ0n) is 16.7. The van der Waals surface area contributed by atoms with Crippen LogP contribution in [0.3, 0.4) is 0 Å². The predicted molar refractivity (Wildman–Crippen MR) is 115 cm³/mol. The van der Waals surface area contributed by atoms with Crippen molar-refractivity contribution in [1.82, 2.24) is 9.88 Å². The maximum Gasteiger partial charge on any atom is 0.0927 e. The molecule has 0 amide bonds. The lowest BCUT2D eigenvalue weighted by atomic mass is 9.94. The van der Waals surface area contributed by atoms with Crippen LogP contribution < -0.4 is 0 Å². The van der Waals surface area contributed by atoms with Crippen molar-refractivity contribution in [3.8, 4) is 0 Å². The molecule has 2 heteroatoms. The molecule has 0 aliphatic carbocycles. The van der Waals surface area contributed by atoms with E-state index in [-0.39, 0.29) is 0 Å². The maximum atomic E-state index is 5.04. The van der Waals surface area contributed by atoms with Crippen LogP contribution in [0.25, 0.3) is 16.6 Å². The third-order valence-electron chi connectivity index (χ3n) is 6.05. The van der Waals surface area contributed by atoms with E-state index < -0.39 is 0 Å². The van der Waals surface area contributed by atoms with E-state index in [1.165, 1.54) is 38.9 Å². The smallest absolute Gasteiger partial charge is 0.0927 e. The highest BCUT2D eigenvalue weighted by Crippen LogP contribution is 2.44. The number of hydrogen-bond acceptors (Lipinski definition) is 2. The quantitative estimate of drug-likeness (QED) is 0.565. The van der Waals surface area contributed by atoms with Gasteiger partial charge in [-0.1, -0.05) is 50.8 Å². The SMILES string of the molecule is C=C(CC)CCC1=C(C)C=C2c3nc4ccccc4c(CC)c3CN2C1=C. The molecule has 0 unspecified atom stereocenters. The van der Waals surface area contributed by atoms with Gasteiger partial charge in [0.25, 0.3) is 0 Å². The summed E-state index contributed by atoms with van der Waals surface area (Å²) in [4.78, 5) is 7.41. The highest BCUT2D eigenvalue weighted by atomic mass is 15.2. The van der Waals surface area contributed by atoms with Gasteiger partial charge in [-0.05, 0) is 61.5 Å². The Hall–Kier alpha value is -2.61. The van der Waals surface area contributed by atoms with Gasteiger partial charge in [0.05, 0.1) is 23.5 Å². The van der Waals surface area contributed by atoms with E-state index in [0.717, 1.165) is 49.1 Å². The second-order valence-corrected chi connectivity index (χ2v) is 7.62. The Labute approximate surface area is 162 Å². The van der Waals surface area contributed by atoms with E-state index in [1.807, 2.05) is 0 Å². The zero-order chi connectivity index (χ0) is 19.1. The average molecular weight is 357 g/mol. The standard InChI is InChI=1S/C25H28N2/c1-6-16(3)12-13-20-17(4)14-24-25-22(15-27(24)18(20)5)19(7-2)21-10-8-9-11-23(21)26-25/h8-11,14H,3,5-7,12-13,15H2,1-2,4H3. The van der Waals surface area contributed by atoms with Crippen molar-refractivity contribution in [2.24, 2.45) is 0 Å². The van der Waals surface area contributed by atoms with Gasteiger partial charge < -0.3 is 4.90 Å². The largest absolute Gasteiger partial charge is 0.335 e. The molecule has 1 aromatic carbocycles. The van der Waals surface area contributed by atoms with Gasteiger partial charge in [-0.3, -0.25) is 0 Å². The number of allylic oxidation sites excluding steroid dienone is 4. The minimum atomic E-state index is 0.881. The van der Waals surface area contributed by atoms with Gasteiger partial charge in [-0.25, -0.2) is 4.98 Å². The van der Waals surface area contributed by atoms with Crippen LogP contribution in [-0.2, 0) is 13.0 Å². The molecule has 2 nitrogen and oxygen atoms in total. The number of benzene rings is 1. The first kappa shape index (κ1) is 17.8. The van der Waals surface area contributed by atoms with E-state index in [4.69, 9.17) is 4.98 Å². The Kier molecular flexibility index (Phi) is 4.51. The minimum Gasteiger partial charge on any atom is -0.335 e. The third kappa shape index (κ3) is 2.84. The summed E-state index contributed by atoms with van der Waals surface area (Å²) in [6.07, 6.45) is 6.43. The molecule has 0 bridgehead atoms. The van der Waals surface area contributed by atoms with Crippen LogP contribution >= 0.6 is 0 Å². The van der Waals surface area contributed by atoms with Crippen molar-refractivity contribution in [2.45, 2.75) is 53.0 Å². The number of para-hydroxylation sites is 1. The average Bonchev–Trinajstić information content (AvgIpc) is 3.04. The van der Waals surface area contributed by atoms with Crippen LogP contribution in [0.1, 0.15) is 56.9 Å². The first-order chi connectivity index (χ1) is 13.0. The summed E-state index contributed by atoms with van der Waals surface area (Å²) in [7, 11) is 0. The maximum absolute atomic E-state index is 5.04. The molecule has 3 heterocycles. The molecule has 1 aromatic heterocycles. The van der Waals surface area contributed by atoms with Crippen molar-refractivity contribution in [3.05, 3.63) is 82.7 Å². The van der Waals surface area contributed by atoms with Crippen molar-refractivity contribution >= 4 is 16.6 Å². The zero-order valence-corrected chi connectivity index (χ0v) is 16.7. The molecule has 0 N–H and O–H groups in total. The molecule has 0 saturated heterocycles. The highest BCUT2D eigenvalue weighted by molar-refractivity contribution is 5.88. The Morgan fingerprint density at radius 2 is 2.00 bits per heavy atom. The topological polar surface area (TPSA) is 16.1 Å². The fourth-order valence-corrected chi connectivity index (χ4v) is 4.37. The molecule has 0 saturated carbocycles. The molecule has 27 heavy (non-hydrogen) atoms. The molecule has 2 aliphatic rings. The molecule has 0 fully saturated rings. The number of aryl methyl sites for hydroxylation is 1. The first-order valence-electron chi connectivity index (χ1n) is 10.0. The van der Waals surface area contributed by atoms with E-state index in [0.29, 0.717) is 0 Å². The molecule has 138 valence electrons. The van der Waals surface area contributed by atoms with Gasteiger partial charge in [0, 0.05) is 16.6 Å². The molecule has 0 radical (unpaired) electrons. The van der Waals surface area contributed by atoms with Gasteiger partial charge in [0.2, 0.25) is 0 Å². The number of pyridine rings is 1. The molecular weight excluding hydrogens is 328 g/mol. The summed E-state index contributed by atoms with van der Waals surface area (Å²) in [5.74, 6) is 0. The summed E-state index contributed by atoms with van der Waals surface area (Å²) < 4.78 is 0. The molecular formula is C25H28N2. The van der Waals surface area contributed by atoms with Crippen LogP contribution in [0.15, 0.2) is 65.9 Å². The lowest BCUT2D eigenvalue weighted by Gasteiger charge is -2.30. The number of hydrogen-bond donors (Lipinski definition) is 0. The summed E-state index contributed by atoms with van der Waals surface area (Å²) in [5.41, 5.74) is 11.4. The fourth-order valence-electron chi connectivity index (χ4n) is 4.37. The van der Waals surface area contributed by atoms with E-state index in [1.54, 1.807) is 0 Å². The van der Waals surface area contributed by atoms with Gasteiger partial charge in [-0.2, -0.15) is 0 Å². The Morgan fingerprint density at radius 3 is 2.74 bits per heavy atom. The van der Waals surface area contributed by atoms with Gasteiger partial charge in [-0.15, -0.1) is 0 Å². The van der Waals surface area contributed by atoms with Crippen molar-refractivity contribution in [1.29, 1.82) is 0 Å². The molecule has 4 rings (SSSR count). The molecule has 0 atom stereocenters. The number of aromatic nitrogens is 1. The third-order valence-corrected chi connectivity index (χ3v) is 6.05. The highest BCUT2D eigenvalue weighted by Gasteiger charge is 2.33. The lowest BCUT2D eigenvalue weighted by Crippen LogP contribution is -2.20. The van der Waals surface area contributed by atoms with Gasteiger partial charge in [0.15, 0.2) is 0 Å².